The molecule has 0 amide bonds. The van der Waals surface area contributed by atoms with Crippen LogP contribution in [-0.2, 0) is 14.2 Å². The Hall–Kier alpha value is -2.66. The number of nitrogens with one attached hydrogen (secondary N) is 1. The number of aromatic nitrogens is 1. The third-order valence-corrected chi connectivity index (χ3v) is 4.73. The molecular formula is C18H24N4O4. The van der Waals surface area contributed by atoms with Gasteiger partial charge in [-0.3, -0.25) is 4.68 Å². The molecule has 1 aromatic heterocycles. The number of carbonyl (C=O) groups is 1. The third kappa shape index (κ3) is 3.78. The lowest BCUT2D eigenvalue weighted by Crippen LogP contribution is -2.34. The monoisotopic (exact) mass is 360 g/mol. The minimum absolute atomic E-state index is 0.153. The normalized spacial score (nSPS) is 24.7. The van der Waals surface area contributed by atoms with Crippen molar-refractivity contribution in [1.29, 1.82) is 5.26 Å². The van der Waals surface area contributed by atoms with Gasteiger partial charge < -0.3 is 25.4 Å². The Balaban J connectivity index is 1.62. The molecule has 1 aromatic rings. The van der Waals surface area contributed by atoms with Crippen molar-refractivity contribution in [2.75, 3.05) is 25.7 Å². The molecule has 8 heteroatoms. The largest absolute Gasteiger partial charge is 0.508 e. The Morgan fingerprint density at radius 3 is 2.88 bits per heavy atom. The molecule has 1 saturated heterocycles. The van der Waals surface area contributed by atoms with Crippen LogP contribution in [0, 0.1) is 17.2 Å². The molecule has 2 atom stereocenters. The Bertz CT molecular complexity index is 734. The van der Waals surface area contributed by atoms with E-state index in [4.69, 9.17) is 19.9 Å². The van der Waals surface area contributed by atoms with Gasteiger partial charge in [0.1, 0.15) is 18.8 Å². The van der Waals surface area contributed by atoms with E-state index in [1.54, 1.807) is 11.7 Å². The number of hydrogen-bond acceptors (Lipinski definition) is 7. The second kappa shape index (κ2) is 7.30. The molecule has 8 nitrogen and oxygen atoms in total. The first-order valence-electron chi connectivity index (χ1n) is 8.71. The fourth-order valence-electron chi connectivity index (χ4n) is 3.07. The molecule has 0 spiro atoms. The summed E-state index contributed by atoms with van der Waals surface area (Å²) >= 11 is 0. The van der Waals surface area contributed by atoms with Crippen LogP contribution in [0.4, 0.5) is 4.79 Å². The van der Waals surface area contributed by atoms with E-state index in [-0.39, 0.29) is 12.7 Å². The molecule has 2 heterocycles. The summed E-state index contributed by atoms with van der Waals surface area (Å²) in [5, 5.41) is 9.58. The van der Waals surface area contributed by atoms with Crippen LogP contribution in [0.3, 0.4) is 0 Å². The van der Waals surface area contributed by atoms with Crippen molar-refractivity contribution in [1.82, 2.24) is 4.68 Å². The minimum Gasteiger partial charge on any atom is -0.434 e. The quantitative estimate of drug-likeness (QED) is 0.717. The zero-order valence-corrected chi connectivity index (χ0v) is 14.9. The van der Waals surface area contributed by atoms with Crippen LogP contribution in [0.2, 0.25) is 0 Å². The van der Waals surface area contributed by atoms with Gasteiger partial charge >= 0.3 is 6.16 Å². The van der Waals surface area contributed by atoms with Crippen LogP contribution in [0.25, 0.3) is 5.70 Å². The Morgan fingerprint density at radius 1 is 1.50 bits per heavy atom. The van der Waals surface area contributed by atoms with Crippen molar-refractivity contribution in [3.05, 3.63) is 30.1 Å². The number of hydrogen-bond donors (Lipinski definition) is 2. The highest BCUT2D eigenvalue weighted by atomic mass is 16.7. The molecule has 1 aliphatic heterocycles. The molecule has 2 aliphatic rings. The van der Waals surface area contributed by atoms with Crippen molar-refractivity contribution in [2.24, 2.45) is 11.7 Å². The van der Waals surface area contributed by atoms with E-state index in [1.807, 2.05) is 12.1 Å². The van der Waals surface area contributed by atoms with E-state index >= 15 is 0 Å². The molecule has 0 radical (unpaired) electrons. The fraction of sp³-hybridized carbons (Fsp3) is 0.556. The highest BCUT2D eigenvalue weighted by Crippen LogP contribution is 2.40. The first-order chi connectivity index (χ1) is 12.5. The lowest BCUT2D eigenvalue weighted by atomic mass is 10.0. The van der Waals surface area contributed by atoms with Crippen molar-refractivity contribution >= 4 is 11.9 Å². The maximum absolute atomic E-state index is 11.7. The Kier molecular flexibility index (Phi) is 5.09. The lowest BCUT2D eigenvalue weighted by molar-refractivity contribution is -0.0555. The lowest BCUT2D eigenvalue weighted by Gasteiger charge is -2.22. The predicted molar refractivity (Wildman–Crippen MR) is 94.4 cm³/mol. The summed E-state index contributed by atoms with van der Waals surface area (Å²) in [6.07, 6.45) is 2.18. The number of nitrogens with zero attached hydrogens (tertiary/aromatic N) is 2. The fourth-order valence-corrected chi connectivity index (χ4v) is 3.07. The minimum atomic E-state index is -1.17. The third-order valence-electron chi connectivity index (χ3n) is 4.73. The first kappa shape index (κ1) is 18.1. The zero-order chi connectivity index (χ0) is 18.7. The maximum Gasteiger partial charge on any atom is 0.508 e. The summed E-state index contributed by atoms with van der Waals surface area (Å²) in [5.74, 6) is 0.459. The average Bonchev–Trinajstić information content (AvgIpc) is 3.20. The molecule has 0 bridgehead atoms. The summed E-state index contributed by atoms with van der Waals surface area (Å²) in [6.45, 7) is 3.98. The first-order valence-corrected chi connectivity index (χ1v) is 8.71. The van der Waals surface area contributed by atoms with Gasteiger partial charge in [0.05, 0.1) is 23.7 Å². The summed E-state index contributed by atoms with van der Waals surface area (Å²) in [7, 11) is 1.77. The summed E-state index contributed by atoms with van der Waals surface area (Å²) in [4.78, 5) is 11.7. The number of nitrogens with two attached hydrogens (primary N) is 1. The van der Waals surface area contributed by atoms with Gasteiger partial charge in [0.15, 0.2) is 5.60 Å². The molecule has 0 aromatic carbocycles. The standard InChI is InChI=1S/C18H24N4O4/c1-12(20)14-5-6-15(22(14)21-2)16-7-8-18(10-19,26-16)11-25-17(23)24-9-13-3-4-13/h5-6,13,16,21H,1,3-4,7-9,11,20H2,2H3/t16?,18-/m1/s1. The molecule has 3 rings (SSSR count). The smallest absolute Gasteiger partial charge is 0.434 e. The molecular weight excluding hydrogens is 336 g/mol. The van der Waals surface area contributed by atoms with Crippen LogP contribution >= 0.6 is 0 Å². The van der Waals surface area contributed by atoms with E-state index < -0.39 is 11.8 Å². The highest BCUT2D eigenvalue weighted by molar-refractivity contribution is 5.60. The maximum atomic E-state index is 11.7. The van der Waals surface area contributed by atoms with Gasteiger partial charge in [-0.05, 0) is 43.7 Å². The van der Waals surface area contributed by atoms with Crippen molar-refractivity contribution < 1.29 is 19.0 Å². The van der Waals surface area contributed by atoms with Crippen LogP contribution in [0.5, 0.6) is 0 Å². The number of nitriles is 1. The SMILES string of the molecule is C=C(N)c1ccc(C2CC[C@@](C#N)(COC(=O)OCC3CC3)O2)n1NC. The van der Waals surface area contributed by atoms with Gasteiger partial charge in [0, 0.05) is 7.05 Å². The van der Waals surface area contributed by atoms with Crippen molar-refractivity contribution in [2.45, 2.75) is 37.4 Å². The van der Waals surface area contributed by atoms with Crippen LogP contribution in [0.15, 0.2) is 18.7 Å². The number of rotatable bonds is 7. The number of ether oxygens (including phenoxy) is 3. The van der Waals surface area contributed by atoms with E-state index in [0.717, 1.165) is 24.2 Å². The molecule has 3 N–H and O–H groups in total. The summed E-state index contributed by atoms with van der Waals surface area (Å²) < 4.78 is 17.9. The van der Waals surface area contributed by atoms with Crippen LogP contribution in [0.1, 0.15) is 43.2 Å². The van der Waals surface area contributed by atoms with Gasteiger partial charge in [-0.15, -0.1) is 0 Å². The predicted octanol–water partition coefficient (Wildman–Crippen LogP) is 2.27. The molecule has 26 heavy (non-hydrogen) atoms. The average molecular weight is 360 g/mol. The van der Waals surface area contributed by atoms with Gasteiger partial charge in [0.25, 0.3) is 0 Å². The second-order valence-corrected chi connectivity index (χ2v) is 6.77. The molecule has 1 saturated carbocycles. The Morgan fingerprint density at radius 2 is 2.27 bits per heavy atom. The van der Waals surface area contributed by atoms with Crippen molar-refractivity contribution in [3.63, 3.8) is 0 Å². The highest BCUT2D eigenvalue weighted by Gasteiger charge is 2.44. The molecule has 2 fully saturated rings. The van der Waals surface area contributed by atoms with Gasteiger partial charge in [-0.2, -0.15) is 5.26 Å². The molecule has 1 unspecified atom stereocenters. The van der Waals surface area contributed by atoms with Crippen LogP contribution in [-0.4, -0.2) is 36.7 Å². The van der Waals surface area contributed by atoms with E-state index in [2.05, 4.69) is 18.1 Å². The Labute approximate surface area is 152 Å². The van der Waals surface area contributed by atoms with Gasteiger partial charge in [-0.25, -0.2) is 4.79 Å². The van der Waals surface area contributed by atoms with E-state index in [9.17, 15) is 10.1 Å². The van der Waals surface area contributed by atoms with Gasteiger partial charge in [0.2, 0.25) is 0 Å². The topological polar surface area (TPSA) is 112 Å². The van der Waals surface area contributed by atoms with Gasteiger partial charge in [-0.1, -0.05) is 6.58 Å². The van der Waals surface area contributed by atoms with E-state index in [0.29, 0.717) is 31.1 Å². The van der Waals surface area contributed by atoms with E-state index in [1.165, 1.54) is 0 Å². The molecule has 140 valence electrons. The summed E-state index contributed by atoms with van der Waals surface area (Å²) in [5.41, 5.74) is 9.66. The van der Waals surface area contributed by atoms with Crippen LogP contribution < -0.4 is 11.2 Å². The van der Waals surface area contributed by atoms with Crippen molar-refractivity contribution in [3.8, 4) is 6.07 Å². The zero-order valence-electron chi connectivity index (χ0n) is 14.9. The number of carbonyl (C=O) groups excluding carboxylic acids is 1. The molecule has 1 aliphatic carbocycles. The second-order valence-electron chi connectivity index (χ2n) is 6.77. The summed E-state index contributed by atoms with van der Waals surface area (Å²) in [6, 6.07) is 5.87.